The van der Waals surface area contributed by atoms with Crippen molar-refractivity contribution in [2.24, 2.45) is 0 Å². The first kappa shape index (κ1) is 20.6. The molecule has 2 aromatic carbocycles. The second-order valence-corrected chi connectivity index (χ2v) is 7.79. The number of nitrogens with zero attached hydrogens (tertiary/aromatic N) is 3. The average Bonchev–Trinajstić information content (AvgIpc) is 3.13. The van der Waals surface area contributed by atoms with E-state index in [9.17, 15) is 9.18 Å². The highest BCUT2D eigenvalue weighted by Crippen LogP contribution is 2.24. The fourth-order valence-corrected chi connectivity index (χ4v) is 3.78. The van der Waals surface area contributed by atoms with E-state index in [0.29, 0.717) is 33.1 Å². The van der Waals surface area contributed by atoms with Crippen molar-refractivity contribution in [2.75, 3.05) is 12.8 Å². The van der Waals surface area contributed by atoms with Gasteiger partial charge in [-0.05, 0) is 36.4 Å². The second kappa shape index (κ2) is 9.41. The first-order valence-electron chi connectivity index (χ1n) is 8.27. The molecule has 1 amide bonds. The van der Waals surface area contributed by atoms with Gasteiger partial charge in [0, 0.05) is 34.0 Å². The van der Waals surface area contributed by atoms with Crippen LogP contribution in [0.1, 0.15) is 11.5 Å². The lowest BCUT2D eigenvalue weighted by Gasteiger charge is -2.14. The van der Waals surface area contributed by atoms with Gasteiger partial charge in [0.25, 0.3) is 0 Å². The van der Waals surface area contributed by atoms with Crippen LogP contribution in [0.2, 0.25) is 10.0 Å². The molecule has 0 spiro atoms. The minimum atomic E-state index is -0.374. The number of carbonyl (C=O) groups is 1. The Balaban J connectivity index is 1.52. The third kappa shape index (κ3) is 5.25. The number of hydrogen-bond donors (Lipinski definition) is 0. The van der Waals surface area contributed by atoms with Gasteiger partial charge in [-0.1, -0.05) is 34.4 Å². The van der Waals surface area contributed by atoms with Crippen LogP contribution in [0, 0.1) is 5.82 Å². The van der Waals surface area contributed by atoms with Gasteiger partial charge in [-0.25, -0.2) is 4.39 Å². The Morgan fingerprint density at radius 2 is 1.96 bits per heavy atom. The minimum Gasteiger partial charge on any atom is -0.337 e. The van der Waals surface area contributed by atoms with E-state index in [0.717, 1.165) is 5.56 Å². The van der Waals surface area contributed by atoms with Gasteiger partial charge in [-0.15, -0.1) is 11.8 Å². The van der Waals surface area contributed by atoms with E-state index in [2.05, 4.69) is 10.1 Å². The first-order chi connectivity index (χ1) is 13.4. The van der Waals surface area contributed by atoms with Crippen molar-refractivity contribution in [1.29, 1.82) is 0 Å². The van der Waals surface area contributed by atoms with Gasteiger partial charge in [0.2, 0.25) is 17.6 Å². The normalized spacial score (nSPS) is 10.9. The van der Waals surface area contributed by atoms with E-state index < -0.39 is 0 Å². The topological polar surface area (TPSA) is 59.2 Å². The van der Waals surface area contributed by atoms with Gasteiger partial charge < -0.3 is 9.42 Å². The van der Waals surface area contributed by atoms with Crippen LogP contribution in [0.4, 0.5) is 4.39 Å². The van der Waals surface area contributed by atoms with Crippen LogP contribution in [-0.4, -0.2) is 33.7 Å². The van der Waals surface area contributed by atoms with Crippen LogP contribution in [0.15, 0.2) is 47.0 Å². The molecule has 0 N–H and O–H groups in total. The van der Waals surface area contributed by atoms with E-state index in [1.165, 1.54) is 22.7 Å². The lowest BCUT2D eigenvalue weighted by atomic mass is 10.2. The summed E-state index contributed by atoms with van der Waals surface area (Å²) < 4.78 is 19.0. The molecule has 0 fully saturated rings. The molecule has 3 aromatic rings. The van der Waals surface area contributed by atoms with Crippen molar-refractivity contribution in [3.63, 3.8) is 0 Å². The number of thioether (sulfide) groups is 1. The fourth-order valence-electron chi connectivity index (χ4n) is 2.35. The second-order valence-electron chi connectivity index (χ2n) is 5.96. The van der Waals surface area contributed by atoms with Crippen LogP contribution in [0.25, 0.3) is 11.4 Å². The zero-order valence-electron chi connectivity index (χ0n) is 14.9. The molecule has 0 unspecified atom stereocenters. The third-order valence-corrected chi connectivity index (χ3v) is 5.45. The van der Waals surface area contributed by atoms with Crippen molar-refractivity contribution >= 4 is 40.9 Å². The molecular formula is C19H16Cl2FN3O2S. The van der Waals surface area contributed by atoms with Crippen LogP contribution < -0.4 is 0 Å². The van der Waals surface area contributed by atoms with Crippen LogP contribution in [-0.2, 0) is 17.1 Å². The highest BCUT2D eigenvalue weighted by atomic mass is 35.5. The predicted molar refractivity (Wildman–Crippen MR) is 109 cm³/mol. The van der Waals surface area contributed by atoms with E-state index in [1.54, 1.807) is 43.4 Å². The van der Waals surface area contributed by atoms with Gasteiger partial charge in [-0.2, -0.15) is 4.98 Å². The monoisotopic (exact) mass is 439 g/mol. The number of benzene rings is 2. The molecule has 0 saturated heterocycles. The molecule has 9 heteroatoms. The lowest BCUT2D eigenvalue weighted by Crippen LogP contribution is -2.28. The summed E-state index contributed by atoms with van der Waals surface area (Å²) in [7, 11) is 1.64. The smallest absolute Gasteiger partial charge is 0.246 e. The summed E-state index contributed by atoms with van der Waals surface area (Å²) in [4.78, 5) is 18.1. The standard InChI is InChI=1S/C19H16Cl2FN3O2S/c1-25(18(26)11-28-10-14-15(21)3-2-4-16(14)22)9-17-23-19(24-27-17)12-5-7-13(20)8-6-12/h2-8H,9-11H2,1H3. The molecule has 3 rings (SSSR count). The van der Waals surface area contributed by atoms with Crippen LogP contribution >= 0.6 is 35.0 Å². The summed E-state index contributed by atoms with van der Waals surface area (Å²) in [6.07, 6.45) is 0. The van der Waals surface area contributed by atoms with Crippen molar-refractivity contribution in [1.82, 2.24) is 15.0 Å². The molecule has 5 nitrogen and oxygen atoms in total. The number of hydrogen-bond acceptors (Lipinski definition) is 5. The van der Waals surface area contributed by atoms with Crippen molar-refractivity contribution < 1.29 is 13.7 Å². The van der Waals surface area contributed by atoms with Crippen LogP contribution in [0.5, 0.6) is 0 Å². The van der Waals surface area contributed by atoms with Gasteiger partial charge in [-0.3, -0.25) is 4.79 Å². The zero-order valence-corrected chi connectivity index (χ0v) is 17.2. The largest absolute Gasteiger partial charge is 0.337 e. The highest BCUT2D eigenvalue weighted by Gasteiger charge is 2.15. The Labute approximate surface area is 175 Å². The highest BCUT2D eigenvalue weighted by molar-refractivity contribution is 7.99. The summed E-state index contributed by atoms with van der Waals surface area (Å²) in [5.74, 6) is 0.732. The summed E-state index contributed by atoms with van der Waals surface area (Å²) in [5.41, 5.74) is 1.17. The minimum absolute atomic E-state index is 0.135. The Bertz CT molecular complexity index is 946. The van der Waals surface area contributed by atoms with E-state index in [4.69, 9.17) is 27.7 Å². The van der Waals surface area contributed by atoms with Gasteiger partial charge in [0.15, 0.2) is 0 Å². The average molecular weight is 440 g/mol. The lowest BCUT2D eigenvalue weighted by molar-refractivity contribution is -0.127. The van der Waals surface area contributed by atoms with E-state index in [1.807, 2.05) is 0 Å². The summed E-state index contributed by atoms with van der Waals surface area (Å²) in [6.45, 7) is 0.181. The molecule has 1 aromatic heterocycles. The quantitative estimate of drug-likeness (QED) is 0.513. The Hall–Kier alpha value is -2.09. The molecule has 0 aliphatic heterocycles. The Morgan fingerprint density at radius 3 is 2.68 bits per heavy atom. The number of aromatic nitrogens is 2. The molecule has 0 saturated carbocycles. The van der Waals surface area contributed by atoms with Crippen molar-refractivity contribution in [3.05, 3.63) is 69.8 Å². The molecule has 1 heterocycles. The molecule has 0 aliphatic carbocycles. The van der Waals surface area contributed by atoms with Gasteiger partial charge in [0.1, 0.15) is 5.82 Å². The molecule has 0 radical (unpaired) electrons. The fraction of sp³-hybridized carbons (Fsp3) is 0.211. The van der Waals surface area contributed by atoms with Crippen molar-refractivity contribution in [3.8, 4) is 11.4 Å². The molecule has 0 bridgehead atoms. The van der Waals surface area contributed by atoms with Crippen LogP contribution in [0.3, 0.4) is 0 Å². The van der Waals surface area contributed by atoms with Crippen molar-refractivity contribution in [2.45, 2.75) is 12.3 Å². The van der Waals surface area contributed by atoms with Gasteiger partial charge in [0.05, 0.1) is 12.3 Å². The summed E-state index contributed by atoms with van der Waals surface area (Å²) in [5, 5.41) is 4.89. The SMILES string of the molecule is CN(Cc1nc(-c2ccc(Cl)cc2)no1)C(=O)CSCc1c(F)cccc1Cl. The Morgan fingerprint density at radius 1 is 1.21 bits per heavy atom. The summed E-state index contributed by atoms with van der Waals surface area (Å²) >= 11 is 13.2. The first-order valence-corrected chi connectivity index (χ1v) is 10.2. The maximum absolute atomic E-state index is 13.8. The molecule has 0 atom stereocenters. The predicted octanol–water partition coefficient (Wildman–Crippen LogP) is 5.07. The maximum atomic E-state index is 13.8. The third-order valence-electron chi connectivity index (χ3n) is 3.90. The molecule has 146 valence electrons. The van der Waals surface area contributed by atoms with Gasteiger partial charge >= 0.3 is 0 Å². The number of carbonyl (C=O) groups excluding carboxylic acids is 1. The zero-order chi connectivity index (χ0) is 20.1. The molecule has 28 heavy (non-hydrogen) atoms. The summed E-state index contributed by atoms with van der Waals surface area (Å²) in [6, 6.07) is 11.6. The maximum Gasteiger partial charge on any atom is 0.246 e. The molecular weight excluding hydrogens is 424 g/mol. The number of rotatable bonds is 7. The number of halogens is 3. The molecule has 0 aliphatic rings. The van der Waals surface area contributed by atoms with E-state index in [-0.39, 0.29) is 24.0 Å². The van der Waals surface area contributed by atoms with E-state index >= 15 is 0 Å². The Kier molecular flexibility index (Phi) is 6.93. The number of amides is 1.